The average molecular weight is 451 g/mol. The van der Waals surface area contributed by atoms with Gasteiger partial charge in [0.05, 0.1) is 19.6 Å². The van der Waals surface area contributed by atoms with Gasteiger partial charge < -0.3 is 20.4 Å². The third-order valence-corrected chi connectivity index (χ3v) is 5.16. The molecule has 4 rings (SSSR count). The molecule has 0 atom stereocenters. The second kappa shape index (κ2) is 11.2. The van der Waals surface area contributed by atoms with Crippen LogP contribution in [0.4, 0.5) is 11.4 Å². The predicted molar refractivity (Wildman–Crippen MR) is 127 cm³/mol. The third kappa shape index (κ3) is 6.12. The molecule has 2 heterocycles. The van der Waals surface area contributed by atoms with Crippen LogP contribution < -0.4 is 11.1 Å². The lowest BCUT2D eigenvalue weighted by molar-refractivity contribution is -0.115. The molecule has 30 heavy (non-hydrogen) atoms. The van der Waals surface area contributed by atoms with E-state index >= 15 is 0 Å². The lowest BCUT2D eigenvalue weighted by Crippen LogP contribution is -2.38. The summed E-state index contributed by atoms with van der Waals surface area (Å²) >= 11 is 0. The molecule has 0 aliphatic carbocycles. The van der Waals surface area contributed by atoms with Gasteiger partial charge in [-0.1, -0.05) is 12.1 Å². The van der Waals surface area contributed by atoms with Crippen molar-refractivity contribution in [2.24, 2.45) is 0 Å². The van der Waals surface area contributed by atoms with Crippen molar-refractivity contribution in [1.29, 1.82) is 0 Å². The van der Waals surface area contributed by atoms with Crippen LogP contribution in [0.5, 0.6) is 0 Å². The number of rotatable bonds is 6. The molecule has 0 spiro atoms. The Labute approximate surface area is 189 Å². The Morgan fingerprint density at radius 2 is 1.73 bits per heavy atom. The number of carbonyl (C=O) groups excluding carboxylic acids is 1. The number of hydrogen-bond donors (Lipinski definition) is 2. The molecule has 1 amide bonds. The average Bonchev–Trinajstić information content (AvgIpc) is 3.11. The van der Waals surface area contributed by atoms with Crippen molar-refractivity contribution >= 4 is 53.0 Å². The number of aromatic nitrogens is 1. The highest BCUT2D eigenvalue weighted by Crippen LogP contribution is 2.21. The van der Waals surface area contributed by atoms with Crippen LogP contribution in [0.25, 0.3) is 10.9 Å². The van der Waals surface area contributed by atoms with Gasteiger partial charge in [0.15, 0.2) is 0 Å². The van der Waals surface area contributed by atoms with E-state index in [1.807, 2.05) is 36.4 Å². The molecular weight excluding hydrogens is 423 g/mol. The van der Waals surface area contributed by atoms with Gasteiger partial charge in [-0.2, -0.15) is 0 Å². The number of benzene rings is 2. The Hall–Kier alpha value is -2.25. The van der Waals surface area contributed by atoms with Gasteiger partial charge in [-0.15, -0.1) is 24.8 Å². The second-order valence-corrected chi connectivity index (χ2v) is 7.20. The van der Waals surface area contributed by atoms with Crippen LogP contribution in [-0.2, 0) is 22.5 Å². The molecule has 3 N–H and O–H groups in total. The van der Waals surface area contributed by atoms with Crippen LogP contribution >= 0.6 is 24.8 Å². The van der Waals surface area contributed by atoms with Crippen molar-refractivity contribution in [2.45, 2.75) is 13.0 Å². The van der Waals surface area contributed by atoms with E-state index < -0.39 is 0 Å². The van der Waals surface area contributed by atoms with Crippen LogP contribution in [0.3, 0.4) is 0 Å². The molecule has 6 nitrogen and oxygen atoms in total. The molecule has 0 radical (unpaired) electrons. The zero-order valence-corrected chi connectivity index (χ0v) is 18.4. The summed E-state index contributed by atoms with van der Waals surface area (Å²) in [7, 11) is 0. The number of nitrogens with two attached hydrogens (primary N) is 1. The summed E-state index contributed by atoms with van der Waals surface area (Å²) < 4.78 is 7.67. The van der Waals surface area contributed by atoms with Crippen molar-refractivity contribution < 1.29 is 9.53 Å². The minimum absolute atomic E-state index is 0. The summed E-state index contributed by atoms with van der Waals surface area (Å²) in [5, 5.41) is 4.12. The Bertz CT molecular complexity index is 953. The Kier molecular flexibility index (Phi) is 8.99. The minimum Gasteiger partial charge on any atom is -0.399 e. The number of nitrogen functional groups attached to an aromatic ring is 1. The van der Waals surface area contributed by atoms with Crippen LogP contribution in [-0.4, -0.2) is 48.2 Å². The standard InChI is InChI=1S/C22H26N4O2.2ClH/c23-19-3-1-17(2-4-19)15-22(27)24-20-5-6-21-18(16-20)7-8-26(21)10-9-25-11-13-28-14-12-25;;/h1-8,16H,9-15,23H2,(H,24,27);2*1H. The molecular formula is C22H28Cl2N4O2. The van der Waals surface area contributed by atoms with E-state index in [1.165, 1.54) is 5.52 Å². The number of hydrogen-bond acceptors (Lipinski definition) is 4. The van der Waals surface area contributed by atoms with E-state index in [4.69, 9.17) is 10.5 Å². The Balaban J connectivity index is 0.00000160. The molecule has 8 heteroatoms. The van der Waals surface area contributed by atoms with Crippen LogP contribution in [0, 0.1) is 0 Å². The highest BCUT2D eigenvalue weighted by atomic mass is 35.5. The normalized spacial score (nSPS) is 14.0. The molecule has 1 aliphatic rings. The van der Waals surface area contributed by atoms with Crippen molar-refractivity contribution in [3.8, 4) is 0 Å². The van der Waals surface area contributed by atoms with Gasteiger partial charge in [0, 0.05) is 54.7 Å². The molecule has 1 aliphatic heterocycles. The Morgan fingerprint density at radius 3 is 2.47 bits per heavy atom. The maximum atomic E-state index is 12.3. The first-order valence-corrected chi connectivity index (χ1v) is 9.71. The number of halogens is 2. The van der Waals surface area contributed by atoms with Gasteiger partial charge in [0.1, 0.15) is 0 Å². The molecule has 3 aromatic rings. The maximum Gasteiger partial charge on any atom is 0.228 e. The quantitative estimate of drug-likeness (QED) is 0.562. The van der Waals surface area contributed by atoms with Gasteiger partial charge in [-0.05, 0) is 42.0 Å². The summed E-state index contributed by atoms with van der Waals surface area (Å²) in [5.74, 6) is -0.0316. The third-order valence-electron chi connectivity index (χ3n) is 5.16. The number of fused-ring (bicyclic) bond motifs is 1. The van der Waals surface area contributed by atoms with Crippen LogP contribution in [0.2, 0.25) is 0 Å². The molecule has 0 bridgehead atoms. The van der Waals surface area contributed by atoms with Crippen LogP contribution in [0.15, 0.2) is 54.7 Å². The summed E-state index contributed by atoms with van der Waals surface area (Å²) in [4.78, 5) is 14.8. The number of nitrogens with zero attached hydrogens (tertiary/aromatic N) is 2. The fourth-order valence-corrected chi connectivity index (χ4v) is 3.57. The smallest absolute Gasteiger partial charge is 0.228 e. The van der Waals surface area contributed by atoms with E-state index in [0.717, 1.165) is 56.0 Å². The Morgan fingerprint density at radius 1 is 1.00 bits per heavy atom. The van der Waals surface area contributed by atoms with Gasteiger partial charge in [-0.3, -0.25) is 9.69 Å². The van der Waals surface area contributed by atoms with Gasteiger partial charge >= 0.3 is 0 Å². The summed E-state index contributed by atoms with van der Waals surface area (Å²) in [6.07, 6.45) is 2.45. The van der Waals surface area contributed by atoms with Crippen molar-refractivity contribution in [3.63, 3.8) is 0 Å². The minimum atomic E-state index is -0.0316. The van der Waals surface area contributed by atoms with E-state index in [2.05, 4.69) is 33.1 Å². The topological polar surface area (TPSA) is 72.5 Å². The fourth-order valence-electron chi connectivity index (χ4n) is 3.57. The van der Waals surface area contributed by atoms with Crippen LogP contribution in [0.1, 0.15) is 5.56 Å². The zero-order valence-electron chi connectivity index (χ0n) is 16.8. The SMILES string of the molecule is Cl.Cl.Nc1ccc(CC(=O)Nc2ccc3c(ccn3CCN3CCOCC3)c2)cc1. The first-order chi connectivity index (χ1) is 13.7. The van der Waals surface area contributed by atoms with E-state index in [-0.39, 0.29) is 30.7 Å². The zero-order chi connectivity index (χ0) is 19.3. The molecule has 0 unspecified atom stereocenters. The maximum absolute atomic E-state index is 12.3. The highest BCUT2D eigenvalue weighted by molar-refractivity contribution is 5.95. The highest BCUT2D eigenvalue weighted by Gasteiger charge is 2.11. The largest absolute Gasteiger partial charge is 0.399 e. The molecule has 0 saturated carbocycles. The number of ether oxygens (including phenoxy) is 1. The van der Waals surface area contributed by atoms with Gasteiger partial charge in [-0.25, -0.2) is 0 Å². The van der Waals surface area contributed by atoms with Crippen molar-refractivity contribution in [2.75, 3.05) is 43.9 Å². The molecule has 162 valence electrons. The van der Waals surface area contributed by atoms with Crippen molar-refractivity contribution in [3.05, 3.63) is 60.3 Å². The molecule has 1 aromatic heterocycles. The molecule has 1 saturated heterocycles. The monoisotopic (exact) mass is 450 g/mol. The number of amides is 1. The number of nitrogens with one attached hydrogen (secondary N) is 1. The van der Waals surface area contributed by atoms with Gasteiger partial charge in [0.25, 0.3) is 0 Å². The second-order valence-electron chi connectivity index (χ2n) is 7.20. The fraction of sp³-hybridized carbons (Fsp3) is 0.318. The van der Waals surface area contributed by atoms with Gasteiger partial charge in [0.2, 0.25) is 5.91 Å². The first kappa shape index (κ1) is 24.0. The molecule has 1 fully saturated rings. The molecule has 2 aromatic carbocycles. The number of morpholine rings is 1. The predicted octanol–water partition coefficient (Wildman–Crippen LogP) is 3.58. The van der Waals surface area contributed by atoms with E-state index in [0.29, 0.717) is 12.1 Å². The first-order valence-electron chi connectivity index (χ1n) is 9.71. The number of carbonyl (C=O) groups is 1. The summed E-state index contributed by atoms with van der Waals surface area (Å²) in [6, 6.07) is 15.6. The van der Waals surface area contributed by atoms with E-state index in [9.17, 15) is 4.79 Å². The lowest BCUT2D eigenvalue weighted by atomic mass is 10.1. The summed E-state index contributed by atoms with van der Waals surface area (Å²) in [6.45, 7) is 5.63. The van der Waals surface area contributed by atoms with Crippen molar-refractivity contribution in [1.82, 2.24) is 9.47 Å². The number of anilines is 2. The van der Waals surface area contributed by atoms with E-state index in [1.54, 1.807) is 0 Å². The summed E-state index contributed by atoms with van der Waals surface area (Å²) in [5.41, 5.74) is 9.34. The lowest BCUT2D eigenvalue weighted by Gasteiger charge is -2.26.